The lowest BCUT2D eigenvalue weighted by Crippen LogP contribution is -2.35. The fourth-order valence-electron chi connectivity index (χ4n) is 1.88. The van der Waals surface area contributed by atoms with Gasteiger partial charge in [0, 0.05) is 11.5 Å². The van der Waals surface area contributed by atoms with E-state index in [1.165, 1.54) is 11.5 Å². The minimum absolute atomic E-state index is 0.0126. The maximum atomic E-state index is 11.9. The maximum absolute atomic E-state index is 11.9. The Balaban J connectivity index is 1.68. The van der Waals surface area contributed by atoms with E-state index in [4.69, 9.17) is 0 Å². The molecule has 1 unspecified atom stereocenters. The summed E-state index contributed by atoms with van der Waals surface area (Å²) in [5, 5.41) is 8.52. The van der Waals surface area contributed by atoms with Crippen LogP contribution in [-0.4, -0.2) is 27.9 Å². The molecule has 2 N–H and O–H groups in total. The standard InChI is InChI=1S/C11H12N4OS2/c16-10(7-3-1-5-12-7)14-11-13-9(15-18-11)8-4-2-6-17-8/h2,4,6-7,12H,1,3,5H2,(H,13,14,15,16). The lowest BCUT2D eigenvalue weighted by atomic mass is 10.2. The molecule has 1 aliphatic heterocycles. The van der Waals surface area contributed by atoms with Crippen LogP contribution in [0.15, 0.2) is 17.5 Å². The van der Waals surface area contributed by atoms with Crippen LogP contribution in [0.2, 0.25) is 0 Å². The molecule has 1 amide bonds. The van der Waals surface area contributed by atoms with Gasteiger partial charge in [-0.3, -0.25) is 10.1 Å². The Morgan fingerprint density at radius 1 is 1.56 bits per heavy atom. The number of hydrogen-bond donors (Lipinski definition) is 2. The van der Waals surface area contributed by atoms with E-state index in [2.05, 4.69) is 20.0 Å². The Morgan fingerprint density at radius 2 is 2.50 bits per heavy atom. The van der Waals surface area contributed by atoms with Crippen molar-refractivity contribution >= 4 is 33.9 Å². The summed E-state index contributed by atoms with van der Waals surface area (Å²) in [6.45, 7) is 0.911. The van der Waals surface area contributed by atoms with Crippen molar-refractivity contribution in [2.45, 2.75) is 18.9 Å². The number of hydrogen-bond acceptors (Lipinski definition) is 6. The molecule has 7 heteroatoms. The summed E-state index contributed by atoms with van der Waals surface area (Å²) in [4.78, 5) is 17.2. The number of anilines is 1. The Kier molecular flexibility index (Phi) is 3.35. The van der Waals surface area contributed by atoms with Gasteiger partial charge in [0.15, 0.2) is 5.82 Å². The van der Waals surface area contributed by atoms with Crippen molar-refractivity contribution in [2.75, 3.05) is 11.9 Å². The van der Waals surface area contributed by atoms with Gasteiger partial charge in [-0.1, -0.05) is 6.07 Å². The molecule has 3 heterocycles. The van der Waals surface area contributed by atoms with Gasteiger partial charge in [0.25, 0.3) is 0 Å². The van der Waals surface area contributed by atoms with Crippen LogP contribution in [0.4, 0.5) is 5.13 Å². The van der Waals surface area contributed by atoms with E-state index in [1.807, 2.05) is 17.5 Å². The molecular formula is C11H12N4OS2. The smallest absolute Gasteiger partial charge is 0.243 e. The van der Waals surface area contributed by atoms with Gasteiger partial charge >= 0.3 is 0 Å². The van der Waals surface area contributed by atoms with Crippen molar-refractivity contribution in [1.29, 1.82) is 0 Å². The summed E-state index contributed by atoms with van der Waals surface area (Å²) in [6, 6.07) is 3.84. The molecule has 94 valence electrons. The normalized spacial score (nSPS) is 19.0. The lowest BCUT2D eigenvalue weighted by Gasteiger charge is -2.07. The van der Waals surface area contributed by atoms with Gasteiger partial charge in [-0.25, -0.2) is 0 Å². The molecule has 0 aliphatic carbocycles. The van der Waals surface area contributed by atoms with Gasteiger partial charge in [0.05, 0.1) is 10.9 Å². The number of nitrogens with zero attached hydrogens (tertiary/aromatic N) is 2. The monoisotopic (exact) mass is 280 g/mol. The number of amides is 1. The van der Waals surface area contributed by atoms with Crippen molar-refractivity contribution in [3.05, 3.63) is 17.5 Å². The van der Waals surface area contributed by atoms with Crippen molar-refractivity contribution in [3.8, 4) is 10.7 Å². The third kappa shape index (κ3) is 2.43. The SMILES string of the molecule is O=C(Nc1nc(-c2cccs2)ns1)C1CCCN1. The second-order valence-electron chi connectivity index (χ2n) is 4.04. The van der Waals surface area contributed by atoms with Crippen molar-refractivity contribution in [2.24, 2.45) is 0 Å². The van der Waals surface area contributed by atoms with Gasteiger partial charge in [0.2, 0.25) is 11.0 Å². The molecule has 1 saturated heterocycles. The fraction of sp³-hybridized carbons (Fsp3) is 0.364. The van der Waals surface area contributed by atoms with Crippen LogP contribution < -0.4 is 10.6 Å². The largest absolute Gasteiger partial charge is 0.306 e. The van der Waals surface area contributed by atoms with Crippen LogP contribution in [-0.2, 0) is 4.79 Å². The highest BCUT2D eigenvalue weighted by Crippen LogP contribution is 2.25. The van der Waals surface area contributed by atoms with Crippen LogP contribution in [0.3, 0.4) is 0 Å². The summed E-state index contributed by atoms with van der Waals surface area (Å²) >= 11 is 2.81. The van der Waals surface area contributed by atoms with E-state index >= 15 is 0 Å². The maximum Gasteiger partial charge on any atom is 0.243 e. The highest BCUT2D eigenvalue weighted by molar-refractivity contribution is 7.14. The van der Waals surface area contributed by atoms with E-state index in [1.54, 1.807) is 11.3 Å². The molecule has 1 aliphatic rings. The first-order valence-electron chi connectivity index (χ1n) is 5.75. The minimum Gasteiger partial charge on any atom is -0.306 e. The van der Waals surface area contributed by atoms with Crippen molar-refractivity contribution in [1.82, 2.24) is 14.7 Å². The molecule has 1 fully saturated rings. The average Bonchev–Trinajstić information content (AvgIpc) is 3.12. The first-order valence-corrected chi connectivity index (χ1v) is 7.40. The Bertz CT molecular complexity index is 531. The second kappa shape index (κ2) is 5.13. The minimum atomic E-state index is -0.0842. The van der Waals surface area contributed by atoms with Crippen molar-refractivity contribution < 1.29 is 4.79 Å². The van der Waals surface area contributed by atoms with Crippen LogP contribution in [0, 0.1) is 0 Å². The summed E-state index contributed by atoms with van der Waals surface area (Å²) in [5.74, 6) is 0.672. The molecule has 0 aromatic carbocycles. The predicted molar refractivity (Wildman–Crippen MR) is 72.9 cm³/mol. The van der Waals surface area contributed by atoms with Crippen LogP contribution in [0.25, 0.3) is 10.7 Å². The molecule has 0 saturated carbocycles. The number of carbonyl (C=O) groups is 1. The first kappa shape index (κ1) is 11.8. The summed E-state index contributed by atoms with van der Waals surface area (Å²) in [7, 11) is 0. The summed E-state index contributed by atoms with van der Waals surface area (Å²) < 4.78 is 4.24. The van der Waals surface area contributed by atoms with Crippen LogP contribution >= 0.6 is 22.9 Å². The molecule has 0 bridgehead atoms. The third-order valence-corrected chi connectivity index (χ3v) is 4.27. The fourth-order valence-corrected chi connectivity index (χ4v) is 3.18. The number of carbonyl (C=O) groups excluding carboxylic acids is 1. The van der Waals surface area contributed by atoms with Gasteiger partial charge in [-0.15, -0.1) is 11.3 Å². The van der Waals surface area contributed by atoms with Crippen molar-refractivity contribution in [3.63, 3.8) is 0 Å². The molecule has 5 nitrogen and oxygen atoms in total. The predicted octanol–water partition coefficient (Wildman–Crippen LogP) is 1.96. The molecule has 0 spiro atoms. The molecule has 2 aromatic rings. The Labute approximate surface area is 112 Å². The summed E-state index contributed by atoms with van der Waals surface area (Å²) in [5.41, 5.74) is 0. The zero-order valence-corrected chi connectivity index (χ0v) is 11.2. The highest BCUT2D eigenvalue weighted by atomic mass is 32.1. The number of thiophene rings is 1. The number of aromatic nitrogens is 2. The zero-order chi connectivity index (χ0) is 12.4. The Hall–Kier alpha value is -1.31. The molecule has 3 rings (SSSR count). The van der Waals surface area contributed by atoms with Gasteiger partial charge < -0.3 is 5.32 Å². The summed E-state index contributed by atoms with van der Waals surface area (Å²) in [6.07, 6.45) is 1.94. The second-order valence-corrected chi connectivity index (χ2v) is 5.74. The molecule has 2 aromatic heterocycles. The Morgan fingerprint density at radius 3 is 3.22 bits per heavy atom. The molecule has 1 atom stereocenters. The first-order chi connectivity index (χ1) is 8.83. The van der Waals surface area contributed by atoms with Gasteiger partial charge in [-0.05, 0) is 30.8 Å². The number of nitrogens with one attached hydrogen (secondary N) is 2. The molecule has 0 radical (unpaired) electrons. The quantitative estimate of drug-likeness (QED) is 0.902. The molecule has 18 heavy (non-hydrogen) atoms. The van der Waals surface area contributed by atoms with E-state index in [0.717, 1.165) is 24.3 Å². The van der Waals surface area contributed by atoms with Gasteiger partial charge in [0.1, 0.15) is 0 Å². The highest BCUT2D eigenvalue weighted by Gasteiger charge is 2.23. The third-order valence-electron chi connectivity index (χ3n) is 2.77. The van der Waals surface area contributed by atoms with E-state index in [-0.39, 0.29) is 11.9 Å². The van der Waals surface area contributed by atoms with Crippen LogP contribution in [0.5, 0.6) is 0 Å². The topological polar surface area (TPSA) is 66.9 Å². The lowest BCUT2D eigenvalue weighted by molar-refractivity contribution is -0.117. The van der Waals surface area contributed by atoms with Crippen LogP contribution in [0.1, 0.15) is 12.8 Å². The van der Waals surface area contributed by atoms with E-state index in [0.29, 0.717) is 11.0 Å². The van der Waals surface area contributed by atoms with E-state index in [9.17, 15) is 4.79 Å². The van der Waals surface area contributed by atoms with E-state index < -0.39 is 0 Å². The molecular weight excluding hydrogens is 268 g/mol. The zero-order valence-electron chi connectivity index (χ0n) is 9.55. The number of rotatable bonds is 3. The average molecular weight is 280 g/mol. The van der Waals surface area contributed by atoms with Gasteiger partial charge in [-0.2, -0.15) is 9.36 Å².